The monoisotopic (exact) mass is 610 g/mol. The Labute approximate surface area is 245 Å². The zero-order valence-electron chi connectivity index (χ0n) is 24.7. The molecule has 0 saturated carbocycles. The molecule has 0 aliphatic carbocycles. The molecule has 0 fully saturated rings. The van der Waals surface area contributed by atoms with Crippen LogP contribution in [0.1, 0.15) is 132 Å². The van der Waals surface area contributed by atoms with Gasteiger partial charge in [-0.1, -0.05) is 107 Å². The van der Waals surface area contributed by atoms with Crippen molar-refractivity contribution in [1.29, 1.82) is 0 Å². The zero-order valence-corrected chi connectivity index (χ0v) is 27.2. The maximum absolute atomic E-state index is 10.2. The number of rotatable bonds is 16. The average Bonchev–Trinajstić information content (AvgIpc) is 2.83. The van der Waals surface area contributed by atoms with Crippen molar-refractivity contribution in [1.82, 2.24) is 0 Å². The van der Waals surface area contributed by atoms with Crippen LogP contribution in [0.4, 0.5) is 0 Å². The van der Waals surface area contributed by atoms with Crippen LogP contribution >= 0.6 is 0 Å². The molecule has 0 amide bonds. The van der Waals surface area contributed by atoms with Crippen molar-refractivity contribution >= 4 is 23.9 Å². The molecule has 4 unspecified atom stereocenters. The van der Waals surface area contributed by atoms with Crippen LogP contribution in [0, 0.1) is 23.7 Å². The van der Waals surface area contributed by atoms with Gasteiger partial charge < -0.3 is 20.4 Å². The number of unbranched alkanes of at least 4 members (excludes halogenated alkanes) is 4. The number of carboxylic acid groups (broad SMARTS) is 4. The van der Waals surface area contributed by atoms with E-state index in [1.165, 1.54) is 0 Å². The Bertz CT molecular complexity index is 458. The van der Waals surface area contributed by atoms with Crippen LogP contribution in [0.5, 0.6) is 0 Å². The minimum atomic E-state index is -0.677. The fourth-order valence-corrected chi connectivity index (χ4v) is 2.54. The Morgan fingerprint density at radius 3 is 0.649 bits per heavy atom. The van der Waals surface area contributed by atoms with E-state index in [1.807, 2.05) is 0 Å². The Morgan fingerprint density at radius 2 is 0.568 bits per heavy atom. The summed E-state index contributed by atoms with van der Waals surface area (Å²) in [7, 11) is 0. The molecule has 0 aliphatic heterocycles. The summed E-state index contributed by atoms with van der Waals surface area (Å²) in [4.78, 5) is 40.8. The van der Waals surface area contributed by atoms with Gasteiger partial charge in [-0.05, 0) is 25.7 Å². The molecule has 0 rings (SSSR count). The third kappa shape index (κ3) is 39.4. The molecular weight excluding hydrogens is 556 g/mol. The van der Waals surface area contributed by atoms with Gasteiger partial charge in [0, 0.05) is 26.2 Å². The van der Waals surface area contributed by atoms with Crippen LogP contribution in [0.25, 0.3) is 0 Å². The van der Waals surface area contributed by atoms with Gasteiger partial charge in [0.1, 0.15) is 0 Å². The minimum Gasteiger partial charge on any atom is -0.481 e. The predicted molar refractivity (Wildman–Crippen MR) is 145 cm³/mol. The van der Waals surface area contributed by atoms with Crippen molar-refractivity contribution in [2.24, 2.45) is 23.7 Å². The van der Waals surface area contributed by atoms with Gasteiger partial charge >= 0.3 is 23.9 Å². The number of hydrogen-bond donors (Lipinski definition) is 4. The van der Waals surface area contributed by atoms with E-state index in [0.717, 1.165) is 77.0 Å². The van der Waals surface area contributed by atoms with Gasteiger partial charge in [-0.2, -0.15) is 0 Å². The number of hydrogen-bond acceptors (Lipinski definition) is 4. The average molecular weight is 612 g/mol. The molecule has 0 spiro atoms. The Kier molecular flexibility index (Phi) is 40.5. The minimum absolute atomic E-state index is 0. The third-order valence-corrected chi connectivity index (χ3v) is 5.65. The molecule has 0 heterocycles. The van der Waals surface area contributed by atoms with Crippen molar-refractivity contribution in [3.63, 3.8) is 0 Å². The van der Waals surface area contributed by atoms with Gasteiger partial charge in [0.2, 0.25) is 0 Å². The second kappa shape index (κ2) is 32.8. The molecule has 0 aromatic carbocycles. The summed E-state index contributed by atoms with van der Waals surface area (Å²) in [6.45, 7) is 15.2. The molecule has 0 radical (unpaired) electrons. The fraction of sp³-hybridized carbons (Fsp3) is 0.857. The molecule has 4 N–H and O–H groups in total. The quantitative estimate of drug-likeness (QED) is 0.139. The van der Waals surface area contributed by atoms with Crippen LogP contribution in [0.15, 0.2) is 0 Å². The summed E-state index contributed by atoms with van der Waals surface area (Å²) >= 11 is 0. The van der Waals surface area contributed by atoms with Crippen molar-refractivity contribution < 1.29 is 65.8 Å². The van der Waals surface area contributed by atoms with Crippen LogP contribution < -0.4 is 0 Å². The first-order valence-electron chi connectivity index (χ1n) is 13.6. The van der Waals surface area contributed by atoms with E-state index in [2.05, 4.69) is 27.7 Å². The molecule has 4 atom stereocenters. The van der Waals surface area contributed by atoms with Crippen LogP contribution in [0.2, 0.25) is 0 Å². The summed E-state index contributed by atoms with van der Waals surface area (Å²) in [6.07, 6.45) is 11.7. The standard InChI is InChI=1S/4C7H14O2.Zr/c4*1-3-4-5-6(2)7(8)9;/h4*6H,3-5H2,1-2H3,(H,8,9);. The van der Waals surface area contributed by atoms with Crippen LogP contribution in [0.3, 0.4) is 0 Å². The zero-order chi connectivity index (χ0) is 29.1. The van der Waals surface area contributed by atoms with Crippen molar-refractivity contribution in [3.05, 3.63) is 0 Å². The number of carbonyl (C=O) groups is 4. The first kappa shape index (κ1) is 45.7. The summed E-state index contributed by atoms with van der Waals surface area (Å²) in [6, 6.07) is 0. The molecule has 8 nitrogen and oxygen atoms in total. The van der Waals surface area contributed by atoms with Gasteiger partial charge in [-0.3, -0.25) is 19.2 Å². The van der Waals surface area contributed by atoms with E-state index >= 15 is 0 Å². The molecule has 0 aromatic rings. The number of carboxylic acids is 4. The first-order valence-corrected chi connectivity index (χ1v) is 13.6. The molecule has 0 aromatic heterocycles. The molecule has 37 heavy (non-hydrogen) atoms. The van der Waals surface area contributed by atoms with Gasteiger partial charge in [-0.15, -0.1) is 0 Å². The largest absolute Gasteiger partial charge is 0.481 e. The van der Waals surface area contributed by atoms with Gasteiger partial charge in [0.05, 0.1) is 23.7 Å². The summed E-state index contributed by atoms with van der Waals surface area (Å²) in [5, 5.41) is 33.6. The Balaban J connectivity index is -0.000000122. The smallest absolute Gasteiger partial charge is 0.306 e. The molecule has 0 aliphatic rings. The SMILES string of the molecule is CCCCC(C)C(=O)O.CCCCC(C)C(=O)O.CCCCC(C)C(=O)O.CCCCC(C)C(=O)O.[Zr]. The second-order valence-corrected chi connectivity index (χ2v) is 9.53. The van der Waals surface area contributed by atoms with Gasteiger partial charge in [-0.25, -0.2) is 0 Å². The Morgan fingerprint density at radius 1 is 0.432 bits per heavy atom. The van der Waals surface area contributed by atoms with E-state index < -0.39 is 23.9 Å². The van der Waals surface area contributed by atoms with Gasteiger partial charge in [0.15, 0.2) is 0 Å². The van der Waals surface area contributed by atoms with E-state index in [-0.39, 0.29) is 49.9 Å². The molecule has 0 bridgehead atoms. The first-order chi connectivity index (χ1) is 16.7. The van der Waals surface area contributed by atoms with Crippen molar-refractivity contribution in [2.45, 2.75) is 132 Å². The maximum Gasteiger partial charge on any atom is 0.306 e. The topological polar surface area (TPSA) is 149 Å². The third-order valence-electron chi connectivity index (χ3n) is 5.65. The van der Waals surface area contributed by atoms with Crippen LogP contribution in [-0.2, 0) is 45.4 Å². The fourth-order valence-electron chi connectivity index (χ4n) is 2.54. The molecule has 0 saturated heterocycles. The normalized spacial score (nSPS) is 12.8. The predicted octanol–water partition coefficient (Wildman–Crippen LogP) is 7.59. The maximum atomic E-state index is 10.2. The second-order valence-electron chi connectivity index (χ2n) is 9.53. The summed E-state index contributed by atoms with van der Waals surface area (Å²) < 4.78 is 0. The van der Waals surface area contributed by atoms with E-state index in [4.69, 9.17) is 20.4 Å². The number of aliphatic carboxylic acids is 4. The summed E-state index contributed by atoms with van der Waals surface area (Å²) in [5.74, 6) is -3.36. The summed E-state index contributed by atoms with van der Waals surface area (Å²) in [5.41, 5.74) is 0. The van der Waals surface area contributed by atoms with Crippen LogP contribution in [-0.4, -0.2) is 44.3 Å². The van der Waals surface area contributed by atoms with E-state index in [1.54, 1.807) is 27.7 Å². The Hall–Kier alpha value is -1.24. The molecule has 220 valence electrons. The van der Waals surface area contributed by atoms with Crippen molar-refractivity contribution in [2.75, 3.05) is 0 Å². The van der Waals surface area contributed by atoms with Gasteiger partial charge in [0.25, 0.3) is 0 Å². The van der Waals surface area contributed by atoms with Crippen molar-refractivity contribution in [3.8, 4) is 0 Å². The van der Waals surface area contributed by atoms with E-state index in [0.29, 0.717) is 0 Å². The molecule has 9 heteroatoms. The molecular formula is C28H56O8Zr. The van der Waals surface area contributed by atoms with E-state index in [9.17, 15) is 19.2 Å².